The van der Waals surface area contributed by atoms with E-state index in [1.165, 1.54) is 5.57 Å². The van der Waals surface area contributed by atoms with Crippen LogP contribution in [0.1, 0.15) is 69.5 Å². The number of ether oxygens (including phenoxy) is 7. The average molecular weight is 941 g/mol. The summed E-state index contributed by atoms with van der Waals surface area (Å²) in [6, 6.07) is 21.0. The molecule has 0 radical (unpaired) electrons. The van der Waals surface area contributed by atoms with Crippen LogP contribution in [0.3, 0.4) is 0 Å². The number of hydrogen-bond donors (Lipinski definition) is 2. The van der Waals surface area contributed by atoms with Gasteiger partial charge in [0.15, 0.2) is 23.0 Å². The lowest BCUT2D eigenvalue weighted by molar-refractivity contribution is -0.118. The van der Waals surface area contributed by atoms with Crippen molar-refractivity contribution in [2.24, 2.45) is 10.7 Å². The second kappa shape index (κ2) is 21.6. The Labute approximate surface area is 402 Å². The number of allylic oxidation sites excluding steroid dienone is 2. The number of methoxy groups -OCH3 is 3. The largest absolute Gasteiger partial charge is 0.493 e. The number of nitrogens with two attached hydrogens (primary N) is 1. The van der Waals surface area contributed by atoms with Gasteiger partial charge in [-0.3, -0.25) is 24.3 Å². The van der Waals surface area contributed by atoms with Crippen LogP contribution in [0.4, 0.5) is 22.7 Å². The number of para-hydroxylation sites is 1. The number of nitrogens with zero attached hydrogens (tertiary/aromatic N) is 4. The zero-order valence-electron chi connectivity index (χ0n) is 39.5. The van der Waals surface area contributed by atoms with Gasteiger partial charge in [-0.15, -0.1) is 0 Å². The summed E-state index contributed by atoms with van der Waals surface area (Å²) in [6.45, 7) is 4.12. The molecule has 69 heavy (non-hydrogen) atoms. The van der Waals surface area contributed by atoms with E-state index in [9.17, 15) is 14.4 Å². The van der Waals surface area contributed by atoms with Crippen molar-refractivity contribution in [3.63, 3.8) is 0 Å². The number of amides is 3. The highest BCUT2D eigenvalue weighted by molar-refractivity contribution is 6.12. The lowest BCUT2D eigenvalue weighted by Gasteiger charge is -2.26. The second-order valence-electron chi connectivity index (χ2n) is 17.6. The Morgan fingerprint density at radius 3 is 2.26 bits per heavy atom. The Morgan fingerprint density at radius 1 is 0.797 bits per heavy atom. The molecule has 4 heterocycles. The van der Waals surface area contributed by atoms with Crippen LogP contribution in [-0.2, 0) is 38.6 Å². The number of aliphatic imine (C=N–C) groups is 1. The van der Waals surface area contributed by atoms with Gasteiger partial charge in [-0.1, -0.05) is 24.3 Å². The molecule has 0 fully saturated rings. The van der Waals surface area contributed by atoms with E-state index in [4.69, 9.17) is 43.9 Å². The fourth-order valence-electron chi connectivity index (χ4n) is 9.73. The maximum absolute atomic E-state index is 14.1. The third kappa shape index (κ3) is 10.4. The van der Waals surface area contributed by atoms with Crippen LogP contribution in [0.25, 0.3) is 0 Å². The highest BCUT2D eigenvalue weighted by Gasteiger charge is 2.39. The minimum absolute atomic E-state index is 0.0226. The lowest BCUT2D eigenvalue weighted by atomic mass is 10.0. The van der Waals surface area contributed by atoms with E-state index >= 15 is 0 Å². The molecule has 3 N–H and O–H groups in total. The summed E-state index contributed by atoms with van der Waals surface area (Å²) in [4.78, 5) is 50.9. The first-order valence-corrected chi connectivity index (χ1v) is 23.6. The Kier molecular flexibility index (Phi) is 14.8. The van der Waals surface area contributed by atoms with E-state index in [-0.39, 0.29) is 49.4 Å². The van der Waals surface area contributed by atoms with Gasteiger partial charge in [0.05, 0.1) is 81.8 Å². The van der Waals surface area contributed by atoms with E-state index in [1.54, 1.807) is 39.5 Å². The van der Waals surface area contributed by atoms with E-state index < -0.39 is 0 Å². The lowest BCUT2D eigenvalue weighted by Crippen LogP contribution is -2.39. The van der Waals surface area contributed by atoms with Crippen molar-refractivity contribution in [3.8, 4) is 23.0 Å². The topological polar surface area (TPSA) is 176 Å². The minimum Gasteiger partial charge on any atom is -0.493 e. The standard InChI is InChI=1S/C53H60N6O10/c1-63-17-18-67-20-19-66-16-15-57(14-8-13-51(54)60)38-22-34(32-68-49-28-43-41(26-47(49)64-2)52(61)58-39(30-55-43)24-36-9-4-6-11-45(36)58)21-35(23-38)33-69-50-29-44-42(27-48(50)65-3)53(62)59-40(31-56-44)25-37-10-5-7-12-46(37)59/h4,6-7,9,11-12,21-23,26-29,31,39-40,55H,5,8,10,13-20,24-25,30,32-33H2,1-3H3,(H2,54,60)/t39-,40-/m0/s1. The Morgan fingerprint density at radius 2 is 1.51 bits per heavy atom. The molecule has 0 spiro atoms. The summed E-state index contributed by atoms with van der Waals surface area (Å²) in [5.74, 6) is 1.15. The fourth-order valence-corrected chi connectivity index (χ4v) is 9.73. The number of benzene rings is 4. The van der Waals surface area contributed by atoms with Crippen molar-refractivity contribution in [2.45, 2.75) is 63.8 Å². The molecule has 362 valence electrons. The molecule has 2 atom stereocenters. The van der Waals surface area contributed by atoms with Crippen LogP contribution in [0.2, 0.25) is 0 Å². The van der Waals surface area contributed by atoms with Crippen molar-refractivity contribution in [2.75, 3.05) is 89.1 Å². The molecule has 0 aromatic heterocycles. The van der Waals surface area contributed by atoms with Crippen LogP contribution in [0.5, 0.6) is 23.0 Å². The Balaban J connectivity index is 0.982. The first-order chi connectivity index (χ1) is 33.7. The summed E-state index contributed by atoms with van der Waals surface area (Å²) in [5, 5.41) is 3.52. The van der Waals surface area contributed by atoms with Gasteiger partial charge in [0.2, 0.25) is 5.91 Å². The molecule has 1 aliphatic carbocycles. The number of anilines is 3. The van der Waals surface area contributed by atoms with Gasteiger partial charge in [0, 0.05) is 68.6 Å². The van der Waals surface area contributed by atoms with E-state index in [0.29, 0.717) is 105 Å². The SMILES string of the molecule is COCCOCCOCCN(CCCC(N)=O)c1cc(COc2cc3c(cc2OC)C(=O)N2C4=C(CCC=C4)C[C@H]2C=N3)cc(COc2cc3c(cc2OC)C(=O)N2c4ccccc4C[C@H]2CN3)c1. The Hall–Kier alpha value is -6.88. The number of rotatable bonds is 22. The first-order valence-electron chi connectivity index (χ1n) is 23.6. The molecule has 3 amide bonds. The molecule has 4 aromatic carbocycles. The van der Waals surface area contributed by atoms with Gasteiger partial charge in [0.25, 0.3) is 11.8 Å². The highest BCUT2D eigenvalue weighted by atomic mass is 16.5. The van der Waals surface area contributed by atoms with Gasteiger partial charge in [-0.05, 0) is 96.8 Å². The molecule has 16 heteroatoms. The first kappa shape index (κ1) is 47.2. The summed E-state index contributed by atoms with van der Waals surface area (Å²) in [6.07, 6.45) is 10.2. The van der Waals surface area contributed by atoms with Crippen LogP contribution in [0.15, 0.2) is 95.1 Å². The van der Waals surface area contributed by atoms with Gasteiger partial charge >= 0.3 is 0 Å². The summed E-state index contributed by atoms with van der Waals surface area (Å²) < 4.78 is 41.4. The molecule has 9 rings (SSSR count). The fraction of sp³-hybridized carbons (Fsp3) is 0.396. The van der Waals surface area contributed by atoms with Crippen LogP contribution < -0.4 is 39.8 Å². The molecule has 0 bridgehead atoms. The van der Waals surface area contributed by atoms with Crippen LogP contribution in [-0.4, -0.2) is 115 Å². The summed E-state index contributed by atoms with van der Waals surface area (Å²) >= 11 is 0. The molecule has 16 nitrogen and oxygen atoms in total. The van der Waals surface area contributed by atoms with Crippen molar-refractivity contribution in [3.05, 3.63) is 118 Å². The second-order valence-corrected chi connectivity index (χ2v) is 17.6. The molecule has 4 aliphatic heterocycles. The highest BCUT2D eigenvalue weighted by Crippen LogP contribution is 2.43. The van der Waals surface area contributed by atoms with E-state index in [2.05, 4.69) is 28.4 Å². The number of primary amides is 1. The van der Waals surface area contributed by atoms with E-state index in [0.717, 1.165) is 59.4 Å². The van der Waals surface area contributed by atoms with Gasteiger partial charge in [0.1, 0.15) is 13.2 Å². The predicted octanol–water partition coefficient (Wildman–Crippen LogP) is 7.14. The molecular weight excluding hydrogens is 881 g/mol. The molecular formula is C53H60N6O10. The zero-order chi connectivity index (χ0) is 47.9. The maximum atomic E-state index is 14.1. The smallest absolute Gasteiger partial charge is 0.261 e. The average Bonchev–Trinajstić information content (AvgIpc) is 3.85. The normalized spacial score (nSPS) is 17.5. The minimum atomic E-state index is -0.375. The number of hydrogen-bond acceptors (Lipinski definition) is 13. The van der Waals surface area contributed by atoms with Crippen molar-refractivity contribution < 1.29 is 47.5 Å². The molecule has 0 saturated heterocycles. The quantitative estimate of drug-likeness (QED) is 0.0763. The number of carbonyl (C=O) groups excluding carboxylic acids is 3. The Bertz CT molecular complexity index is 2660. The summed E-state index contributed by atoms with van der Waals surface area (Å²) in [5.41, 5.74) is 14.6. The van der Waals surface area contributed by atoms with Crippen molar-refractivity contribution in [1.29, 1.82) is 0 Å². The van der Waals surface area contributed by atoms with Crippen LogP contribution in [0, 0.1) is 0 Å². The third-order valence-electron chi connectivity index (χ3n) is 13.1. The zero-order valence-corrected chi connectivity index (χ0v) is 39.5. The maximum Gasteiger partial charge on any atom is 0.261 e. The van der Waals surface area contributed by atoms with Gasteiger partial charge < -0.3 is 54.0 Å². The molecule has 0 saturated carbocycles. The van der Waals surface area contributed by atoms with Crippen molar-refractivity contribution >= 4 is 46.7 Å². The number of nitrogens with one attached hydrogen (secondary N) is 1. The number of carbonyl (C=O) groups is 3. The molecule has 5 aliphatic rings. The predicted molar refractivity (Wildman–Crippen MR) is 263 cm³/mol. The summed E-state index contributed by atoms with van der Waals surface area (Å²) in [7, 11) is 4.75. The van der Waals surface area contributed by atoms with Gasteiger partial charge in [-0.25, -0.2) is 0 Å². The van der Waals surface area contributed by atoms with Crippen LogP contribution >= 0.6 is 0 Å². The van der Waals surface area contributed by atoms with Crippen molar-refractivity contribution in [1.82, 2.24) is 4.90 Å². The monoisotopic (exact) mass is 940 g/mol. The molecule has 4 aromatic rings. The molecule has 0 unspecified atom stereocenters. The number of fused-ring (bicyclic) bond motifs is 7. The van der Waals surface area contributed by atoms with E-state index in [1.807, 2.05) is 58.5 Å². The third-order valence-corrected chi connectivity index (χ3v) is 13.1. The van der Waals surface area contributed by atoms with Gasteiger partial charge in [-0.2, -0.15) is 0 Å².